The number of anilines is 1. The molecule has 1 aromatic carbocycles. The second-order valence-corrected chi connectivity index (χ2v) is 5.68. The molecule has 1 fully saturated rings. The van der Waals surface area contributed by atoms with Crippen molar-refractivity contribution >= 4 is 17.6 Å². The summed E-state index contributed by atoms with van der Waals surface area (Å²) >= 11 is 0. The van der Waals surface area contributed by atoms with Gasteiger partial charge in [-0.3, -0.25) is 14.5 Å². The van der Waals surface area contributed by atoms with Crippen molar-refractivity contribution in [2.75, 3.05) is 25.0 Å². The number of aliphatic carboxylic acids is 1. The fourth-order valence-corrected chi connectivity index (χ4v) is 2.48. The van der Waals surface area contributed by atoms with Gasteiger partial charge >= 0.3 is 5.97 Å². The maximum atomic E-state index is 11.9. The van der Waals surface area contributed by atoms with E-state index in [4.69, 9.17) is 5.11 Å². The molecule has 21 heavy (non-hydrogen) atoms. The Kier molecular flexibility index (Phi) is 4.96. The lowest BCUT2D eigenvalue weighted by molar-refractivity contribution is -0.145. The van der Waals surface area contributed by atoms with Gasteiger partial charge in [-0.15, -0.1) is 0 Å². The second kappa shape index (κ2) is 6.72. The van der Waals surface area contributed by atoms with Crippen LogP contribution < -0.4 is 5.32 Å². The summed E-state index contributed by atoms with van der Waals surface area (Å²) in [4.78, 5) is 24.7. The SMILES string of the molecule is CCc1ccc(NC(=O)CN2CC(C(C)C(=O)O)C2)cc1. The van der Waals surface area contributed by atoms with E-state index in [9.17, 15) is 9.59 Å². The van der Waals surface area contributed by atoms with Gasteiger partial charge < -0.3 is 10.4 Å². The molecule has 5 nitrogen and oxygen atoms in total. The van der Waals surface area contributed by atoms with Crippen molar-refractivity contribution in [1.29, 1.82) is 0 Å². The van der Waals surface area contributed by atoms with Gasteiger partial charge in [-0.1, -0.05) is 26.0 Å². The molecule has 1 atom stereocenters. The van der Waals surface area contributed by atoms with Crippen LogP contribution in [-0.4, -0.2) is 41.5 Å². The molecule has 0 radical (unpaired) electrons. The summed E-state index contributed by atoms with van der Waals surface area (Å²) in [6.07, 6.45) is 0.977. The molecule has 1 aliphatic rings. The summed E-state index contributed by atoms with van der Waals surface area (Å²) in [5.41, 5.74) is 2.04. The number of carboxylic acids is 1. The Hall–Kier alpha value is -1.88. The number of rotatable bonds is 6. The molecular weight excluding hydrogens is 268 g/mol. The lowest BCUT2D eigenvalue weighted by Crippen LogP contribution is -2.53. The smallest absolute Gasteiger partial charge is 0.306 e. The van der Waals surface area contributed by atoms with Crippen molar-refractivity contribution in [3.8, 4) is 0 Å². The van der Waals surface area contributed by atoms with Gasteiger partial charge in [0.15, 0.2) is 0 Å². The van der Waals surface area contributed by atoms with Crippen molar-refractivity contribution in [2.24, 2.45) is 11.8 Å². The molecule has 2 N–H and O–H groups in total. The Labute approximate surface area is 125 Å². The van der Waals surface area contributed by atoms with E-state index in [0.29, 0.717) is 19.6 Å². The number of carboxylic acid groups (broad SMARTS) is 1. The van der Waals surface area contributed by atoms with Crippen molar-refractivity contribution in [3.63, 3.8) is 0 Å². The van der Waals surface area contributed by atoms with Crippen LogP contribution in [0.4, 0.5) is 5.69 Å². The van der Waals surface area contributed by atoms with E-state index in [0.717, 1.165) is 12.1 Å². The average Bonchev–Trinajstić information content (AvgIpc) is 2.42. The van der Waals surface area contributed by atoms with Gasteiger partial charge in [0.2, 0.25) is 5.91 Å². The number of carbonyl (C=O) groups is 2. The minimum Gasteiger partial charge on any atom is -0.481 e. The zero-order valence-electron chi connectivity index (χ0n) is 12.5. The number of nitrogens with one attached hydrogen (secondary N) is 1. The number of likely N-dealkylation sites (tertiary alicyclic amines) is 1. The molecule has 1 unspecified atom stereocenters. The summed E-state index contributed by atoms with van der Waals surface area (Å²) in [7, 11) is 0. The molecule has 0 aromatic heterocycles. The molecule has 5 heteroatoms. The predicted molar refractivity (Wildman–Crippen MR) is 81.2 cm³/mol. The Morgan fingerprint density at radius 2 is 1.95 bits per heavy atom. The largest absolute Gasteiger partial charge is 0.481 e. The third kappa shape index (κ3) is 4.04. The monoisotopic (exact) mass is 290 g/mol. The molecule has 1 saturated heterocycles. The zero-order chi connectivity index (χ0) is 15.4. The van der Waals surface area contributed by atoms with Crippen LogP contribution in [0.5, 0.6) is 0 Å². The predicted octanol–water partition coefficient (Wildman–Crippen LogP) is 1.84. The van der Waals surface area contributed by atoms with E-state index < -0.39 is 5.97 Å². The molecule has 1 aliphatic heterocycles. The summed E-state index contributed by atoms with van der Waals surface area (Å²) in [5.74, 6) is -1.01. The molecule has 0 bridgehead atoms. The lowest BCUT2D eigenvalue weighted by atomic mass is 9.87. The van der Waals surface area contributed by atoms with Crippen molar-refractivity contribution in [1.82, 2.24) is 4.90 Å². The first-order chi connectivity index (χ1) is 9.99. The summed E-state index contributed by atoms with van der Waals surface area (Å²) in [6, 6.07) is 7.82. The van der Waals surface area contributed by atoms with Crippen LogP contribution in [0.1, 0.15) is 19.4 Å². The van der Waals surface area contributed by atoms with E-state index in [2.05, 4.69) is 12.2 Å². The highest BCUT2D eigenvalue weighted by molar-refractivity contribution is 5.92. The molecule has 0 aliphatic carbocycles. The molecule has 0 saturated carbocycles. The van der Waals surface area contributed by atoms with Crippen molar-refractivity contribution in [3.05, 3.63) is 29.8 Å². The zero-order valence-corrected chi connectivity index (χ0v) is 12.5. The number of carbonyl (C=O) groups excluding carboxylic acids is 1. The number of aryl methyl sites for hydroxylation is 1. The van der Waals surface area contributed by atoms with Crippen LogP contribution in [0.3, 0.4) is 0 Å². The van der Waals surface area contributed by atoms with Gasteiger partial charge in [0.05, 0.1) is 12.5 Å². The van der Waals surface area contributed by atoms with Gasteiger partial charge in [0.25, 0.3) is 0 Å². The minimum absolute atomic E-state index is 0.0549. The van der Waals surface area contributed by atoms with E-state index in [1.807, 2.05) is 29.2 Å². The molecule has 2 rings (SSSR count). The highest BCUT2D eigenvalue weighted by Crippen LogP contribution is 2.23. The first-order valence-electron chi connectivity index (χ1n) is 7.33. The van der Waals surface area contributed by atoms with Crippen LogP contribution >= 0.6 is 0 Å². The van der Waals surface area contributed by atoms with Gasteiger partial charge in [-0.2, -0.15) is 0 Å². The molecule has 1 aromatic rings. The first-order valence-corrected chi connectivity index (χ1v) is 7.33. The summed E-state index contributed by atoms with van der Waals surface area (Å²) < 4.78 is 0. The van der Waals surface area contributed by atoms with E-state index in [-0.39, 0.29) is 17.7 Å². The molecule has 1 amide bonds. The average molecular weight is 290 g/mol. The van der Waals surface area contributed by atoms with Crippen LogP contribution in [0, 0.1) is 11.8 Å². The third-order valence-electron chi connectivity index (χ3n) is 4.10. The van der Waals surface area contributed by atoms with Crippen LogP contribution in [0.15, 0.2) is 24.3 Å². The Bertz CT molecular complexity index is 507. The first kappa shape index (κ1) is 15.5. The fraction of sp³-hybridized carbons (Fsp3) is 0.500. The highest BCUT2D eigenvalue weighted by atomic mass is 16.4. The molecule has 114 valence electrons. The minimum atomic E-state index is -0.764. The van der Waals surface area contributed by atoms with E-state index in [1.54, 1.807) is 6.92 Å². The Balaban J connectivity index is 1.74. The van der Waals surface area contributed by atoms with Crippen molar-refractivity contribution in [2.45, 2.75) is 20.3 Å². The fourth-order valence-electron chi connectivity index (χ4n) is 2.48. The van der Waals surface area contributed by atoms with Gasteiger partial charge in [0, 0.05) is 18.8 Å². The quantitative estimate of drug-likeness (QED) is 0.839. The van der Waals surface area contributed by atoms with Gasteiger partial charge in [-0.25, -0.2) is 0 Å². The van der Waals surface area contributed by atoms with Crippen LogP contribution in [0.25, 0.3) is 0 Å². The van der Waals surface area contributed by atoms with Gasteiger partial charge in [-0.05, 0) is 30.0 Å². The maximum Gasteiger partial charge on any atom is 0.306 e. The lowest BCUT2D eigenvalue weighted by Gasteiger charge is -2.40. The summed E-state index contributed by atoms with van der Waals surface area (Å²) in [6.45, 7) is 5.48. The molecule has 1 heterocycles. The normalized spacial score (nSPS) is 17.0. The topological polar surface area (TPSA) is 69.6 Å². The van der Waals surface area contributed by atoms with E-state index in [1.165, 1.54) is 5.56 Å². The number of hydrogen-bond acceptors (Lipinski definition) is 3. The van der Waals surface area contributed by atoms with Gasteiger partial charge in [0.1, 0.15) is 0 Å². The van der Waals surface area contributed by atoms with Crippen LogP contribution in [0.2, 0.25) is 0 Å². The van der Waals surface area contributed by atoms with E-state index >= 15 is 0 Å². The standard InChI is InChI=1S/C16H22N2O3/c1-3-12-4-6-14(7-5-12)17-15(19)10-18-8-13(9-18)11(2)16(20)21/h4-7,11,13H,3,8-10H2,1-2H3,(H,17,19)(H,20,21). The second-order valence-electron chi connectivity index (χ2n) is 5.68. The Morgan fingerprint density at radius 3 is 2.48 bits per heavy atom. The number of hydrogen-bond donors (Lipinski definition) is 2. The number of nitrogens with zero attached hydrogens (tertiary/aromatic N) is 1. The number of amides is 1. The summed E-state index contributed by atoms with van der Waals surface area (Å²) in [5, 5.41) is 11.8. The highest BCUT2D eigenvalue weighted by Gasteiger charge is 2.35. The van der Waals surface area contributed by atoms with Crippen LogP contribution in [-0.2, 0) is 16.0 Å². The third-order valence-corrected chi connectivity index (χ3v) is 4.10. The van der Waals surface area contributed by atoms with Crippen molar-refractivity contribution < 1.29 is 14.7 Å². The number of benzene rings is 1. The molecular formula is C16H22N2O3. The maximum absolute atomic E-state index is 11.9. The molecule has 0 spiro atoms. The Morgan fingerprint density at radius 1 is 1.33 bits per heavy atom.